The summed E-state index contributed by atoms with van der Waals surface area (Å²) in [4.78, 5) is 19.9. The fourth-order valence-electron chi connectivity index (χ4n) is 4.29. The minimum atomic E-state index is -4.58. The average Bonchev–Trinajstić information content (AvgIpc) is 2.75. The van der Waals surface area contributed by atoms with Crippen LogP contribution in [0.2, 0.25) is 0 Å². The van der Waals surface area contributed by atoms with Gasteiger partial charge in [0.2, 0.25) is 5.82 Å². The number of carbonyl (C=O) groups excluding carboxylic acids is 1. The Morgan fingerprint density at radius 3 is 2.26 bits per heavy atom. The number of benzene rings is 1. The zero-order chi connectivity index (χ0) is 22.0. The number of alkyl halides is 3. The number of amides is 1. The molecule has 2 aromatic rings. The summed E-state index contributed by atoms with van der Waals surface area (Å²) in [5.74, 6) is -1.44. The van der Waals surface area contributed by atoms with E-state index in [2.05, 4.69) is 20.6 Å². The number of fused-ring (bicyclic) bond motifs is 1. The molecule has 4 rings (SSSR count). The van der Waals surface area contributed by atoms with Crippen LogP contribution < -0.4 is 10.6 Å². The number of nitrogens with one attached hydrogen (secondary N) is 2. The third-order valence-electron chi connectivity index (χ3n) is 5.95. The lowest BCUT2D eigenvalue weighted by atomic mass is 9.90. The summed E-state index contributed by atoms with van der Waals surface area (Å²) in [5.41, 5.74) is 1.69. The van der Waals surface area contributed by atoms with Gasteiger partial charge in [-0.1, -0.05) is 0 Å². The van der Waals surface area contributed by atoms with E-state index >= 15 is 0 Å². The summed E-state index contributed by atoms with van der Waals surface area (Å²) < 4.78 is 52.7. The summed E-state index contributed by atoms with van der Waals surface area (Å²) in [6.07, 6.45) is 1.19. The quantitative estimate of drug-likeness (QED) is 0.684. The van der Waals surface area contributed by atoms with Gasteiger partial charge in [0.1, 0.15) is 11.6 Å². The molecule has 1 saturated carbocycles. The van der Waals surface area contributed by atoms with E-state index in [4.69, 9.17) is 0 Å². The number of aromatic nitrogens is 2. The Labute approximate surface area is 177 Å². The molecule has 166 valence electrons. The monoisotopic (exact) mass is 436 g/mol. The Balaban J connectivity index is 1.38. The van der Waals surface area contributed by atoms with Crippen LogP contribution in [0, 0.1) is 5.82 Å². The van der Waals surface area contributed by atoms with E-state index in [0.29, 0.717) is 55.6 Å². The fraction of sp³-hybridized carbons (Fsp3) is 0.500. The van der Waals surface area contributed by atoms with Gasteiger partial charge in [0.05, 0.1) is 0 Å². The maximum absolute atomic E-state index is 13.2. The predicted octanol–water partition coefficient (Wildman–Crippen LogP) is 4.67. The van der Waals surface area contributed by atoms with Crippen LogP contribution in [0.1, 0.15) is 66.0 Å². The highest BCUT2D eigenvalue weighted by Gasteiger charge is 2.37. The Bertz CT molecular complexity index is 938. The second kappa shape index (κ2) is 8.80. The Morgan fingerprint density at radius 1 is 0.935 bits per heavy atom. The summed E-state index contributed by atoms with van der Waals surface area (Å²) in [6.45, 7) is 0. The highest BCUT2D eigenvalue weighted by atomic mass is 19.4. The Kier molecular flexibility index (Phi) is 6.11. The molecule has 0 unspecified atom stereocenters. The lowest BCUT2D eigenvalue weighted by molar-refractivity contribution is -0.145. The smallest absolute Gasteiger partial charge is 0.367 e. The van der Waals surface area contributed by atoms with E-state index in [9.17, 15) is 22.4 Å². The predicted molar refractivity (Wildman–Crippen MR) is 107 cm³/mol. The normalized spacial score (nSPS) is 21.3. The van der Waals surface area contributed by atoms with Gasteiger partial charge in [-0.15, -0.1) is 0 Å². The van der Waals surface area contributed by atoms with Gasteiger partial charge >= 0.3 is 6.18 Å². The molecule has 2 aliphatic carbocycles. The van der Waals surface area contributed by atoms with Crippen LogP contribution in [-0.4, -0.2) is 28.0 Å². The summed E-state index contributed by atoms with van der Waals surface area (Å²) in [5, 5.41) is 6.18. The van der Waals surface area contributed by atoms with Crippen molar-refractivity contribution >= 4 is 11.7 Å². The first-order chi connectivity index (χ1) is 14.8. The molecule has 2 aliphatic rings. The standard InChI is InChI=1S/C22H24F4N4O/c23-14-7-5-13(6-8-14)20(31)28-16-11-9-15(10-12-16)27-19-17-3-1-2-4-18(17)29-21(30-19)22(24,25)26/h5-8,15-16H,1-4,9-12H2,(H,28,31)(H,27,29,30). The number of aryl methyl sites for hydroxylation is 1. The van der Waals surface area contributed by atoms with Gasteiger partial charge in [-0.25, -0.2) is 14.4 Å². The van der Waals surface area contributed by atoms with Crippen molar-refractivity contribution < 1.29 is 22.4 Å². The molecule has 1 amide bonds. The van der Waals surface area contributed by atoms with Crippen LogP contribution in [0.3, 0.4) is 0 Å². The molecular formula is C22H24F4N4O. The molecule has 9 heteroatoms. The first-order valence-corrected chi connectivity index (χ1v) is 10.6. The number of halogens is 4. The third kappa shape index (κ3) is 5.14. The molecule has 0 aliphatic heterocycles. The minimum Gasteiger partial charge on any atom is -0.367 e. The van der Waals surface area contributed by atoms with Crippen LogP contribution in [0.25, 0.3) is 0 Å². The fourth-order valence-corrected chi connectivity index (χ4v) is 4.29. The van der Waals surface area contributed by atoms with Crippen molar-refractivity contribution in [2.45, 2.75) is 69.6 Å². The lowest BCUT2D eigenvalue weighted by Crippen LogP contribution is -2.40. The number of rotatable bonds is 4. The van der Waals surface area contributed by atoms with Crippen molar-refractivity contribution in [3.05, 3.63) is 52.7 Å². The molecule has 0 radical (unpaired) electrons. The lowest BCUT2D eigenvalue weighted by Gasteiger charge is -2.31. The molecule has 1 aromatic carbocycles. The van der Waals surface area contributed by atoms with Crippen LogP contribution in [0.4, 0.5) is 23.4 Å². The molecular weight excluding hydrogens is 412 g/mol. The molecule has 5 nitrogen and oxygen atoms in total. The molecule has 2 N–H and O–H groups in total. The van der Waals surface area contributed by atoms with E-state index in [1.54, 1.807) is 0 Å². The molecule has 0 bridgehead atoms. The number of nitrogens with zero attached hydrogens (tertiary/aromatic N) is 2. The van der Waals surface area contributed by atoms with Crippen LogP contribution in [0.5, 0.6) is 0 Å². The van der Waals surface area contributed by atoms with Crippen molar-refractivity contribution in [3.8, 4) is 0 Å². The van der Waals surface area contributed by atoms with Crippen molar-refractivity contribution in [2.75, 3.05) is 5.32 Å². The zero-order valence-electron chi connectivity index (χ0n) is 16.9. The van der Waals surface area contributed by atoms with Crippen molar-refractivity contribution in [3.63, 3.8) is 0 Å². The van der Waals surface area contributed by atoms with Crippen LogP contribution in [-0.2, 0) is 19.0 Å². The molecule has 1 fully saturated rings. The molecule has 0 atom stereocenters. The van der Waals surface area contributed by atoms with Crippen molar-refractivity contribution in [1.82, 2.24) is 15.3 Å². The molecule has 31 heavy (non-hydrogen) atoms. The van der Waals surface area contributed by atoms with E-state index in [-0.39, 0.29) is 18.0 Å². The zero-order valence-corrected chi connectivity index (χ0v) is 16.9. The van der Waals surface area contributed by atoms with Gasteiger partial charge in [-0.05, 0) is 75.6 Å². The maximum Gasteiger partial charge on any atom is 0.451 e. The second-order valence-electron chi connectivity index (χ2n) is 8.20. The Morgan fingerprint density at radius 2 is 1.58 bits per heavy atom. The van der Waals surface area contributed by atoms with E-state index in [0.717, 1.165) is 18.4 Å². The number of hydrogen-bond donors (Lipinski definition) is 2. The van der Waals surface area contributed by atoms with E-state index < -0.39 is 17.8 Å². The minimum absolute atomic E-state index is 0.0130. The van der Waals surface area contributed by atoms with Gasteiger partial charge < -0.3 is 10.6 Å². The SMILES string of the molecule is O=C(NC1CCC(Nc2nc(C(F)(F)F)nc3c2CCCC3)CC1)c1ccc(F)cc1. The number of hydrogen-bond acceptors (Lipinski definition) is 4. The second-order valence-corrected chi connectivity index (χ2v) is 8.20. The van der Waals surface area contributed by atoms with Gasteiger partial charge in [0.15, 0.2) is 0 Å². The molecule has 0 saturated heterocycles. The van der Waals surface area contributed by atoms with E-state index in [1.807, 2.05) is 0 Å². The van der Waals surface area contributed by atoms with Crippen LogP contribution in [0.15, 0.2) is 24.3 Å². The molecule has 1 heterocycles. The molecule has 1 aromatic heterocycles. The van der Waals surface area contributed by atoms with Crippen molar-refractivity contribution in [1.29, 1.82) is 0 Å². The van der Waals surface area contributed by atoms with Gasteiger partial charge in [-0.2, -0.15) is 13.2 Å². The Hall–Kier alpha value is -2.71. The topological polar surface area (TPSA) is 66.9 Å². The summed E-state index contributed by atoms with van der Waals surface area (Å²) in [6, 6.07) is 5.32. The van der Waals surface area contributed by atoms with Crippen molar-refractivity contribution in [2.24, 2.45) is 0 Å². The summed E-state index contributed by atoms with van der Waals surface area (Å²) >= 11 is 0. The highest BCUT2D eigenvalue weighted by Crippen LogP contribution is 2.33. The van der Waals surface area contributed by atoms with Crippen LogP contribution >= 0.6 is 0 Å². The third-order valence-corrected chi connectivity index (χ3v) is 5.95. The van der Waals surface area contributed by atoms with Gasteiger partial charge in [-0.3, -0.25) is 4.79 Å². The van der Waals surface area contributed by atoms with Gasteiger partial charge in [0, 0.05) is 28.9 Å². The first kappa shape index (κ1) is 21.5. The maximum atomic E-state index is 13.2. The molecule has 0 spiro atoms. The average molecular weight is 436 g/mol. The van der Waals surface area contributed by atoms with E-state index in [1.165, 1.54) is 24.3 Å². The number of anilines is 1. The first-order valence-electron chi connectivity index (χ1n) is 10.6. The highest BCUT2D eigenvalue weighted by molar-refractivity contribution is 5.94. The van der Waals surface area contributed by atoms with Gasteiger partial charge in [0.25, 0.3) is 5.91 Å². The number of carbonyl (C=O) groups is 1. The summed E-state index contributed by atoms with van der Waals surface area (Å²) in [7, 11) is 0. The largest absolute Gasteiger partial charge is 0.451 e.